The van der Waals surface area contributed by atoms with Crippen LogP contribution in [0.4, 0.5) is 0 Å². The topological polar surface area (TPSA) is 62.5 Å². The molecule has 0 fully saturated rings. The van der Waals surface area contributed by atoms with Crippen molar-refractivity contribution >= 4 is 5.91 Å². The molecule has 0 aliphatic rings. The van der Waals surface area contributed by atoms with E-state index >= 15 is 0 Å². The van der Waals surface area contributed by atoms with Crippen molar-refractivity contribution in [2.45, 2.75) is 13.3 Å². The molecule has 0 bridgehead atoms. The van der Waals surface area contributed by atoms with Crippen molar-refractivity contribution in [2.24, 2.45) is 0 Å². The van der Waals surface area contributed by atoms with E-state index in [1.165, 1.54) is 11.5 Å². The number of rotatable bonds is 2. The van der Waals surface area contributed by atoms with E-state index in [1.807, 2.05) is 6.92 Å². The Hall–Kier alpha value is -1.29. The monoisotopic (exact) mass is 155 g/mol. The summed E-state index contributed by atoms with van der Waals surface area (Å²) in [6.45, 7) is 1.92. The fourth-order valence-electron chi connectivity index (χ4n) is 0.745. The fourth-order valence-corrected chi connectivity index (χ4v) is 0.745. The molecule has 0 aliphatic carbocycles. The molecule has 0 radical (unpaired) electrons. The van der Waals surface area contributed by atoms with Gasteiger partial charge >= 0.3 is 5.91 Å². The molecule has 11 heavy (non-hydrogen) atoms. The van der Waals surface area contributed by atoms with Crippen LogP contribution < -0.4 is 5.48 Å². The predicted molar refractivity (Wildman–Crippen MR) is 37.3 cm³/mol. The van der Waals surface area contributed by atoms with Gasteiger partial charge in [-0.05, 0) is 12.1 Å². The second kappa shape index (κ2) is 3.21. The van der Waals surface area contributed by atoms with Crippen molar-refractivity contribution in [2.75, 3.05) is 0 Å². The van der Waals surface area contributed by atoms with Gasteiger partial charge in [-0.25, -0.2) is 5.48 Å². The molecular weight excluding hydrogens is 146 g/mol. The molecule has 0 unspecified atom stereocenters. The normalized spacial score (nSPS) is 9.64. The number of nitrogens with one attached hydrogen (secondary N) is 1. The van der Waals surface area contributed by atoms with Crippen LogP contribution in [-0.2, 0) is 6.42 Å². The fraction of sp³-hybridized carbons (Fsp3) is 0.286. The Morgan fingerprint density at radius 1 is 1.73 bits per heavy atom. The molecule has 1 rings (SSSR count). The molecule has 4 nitrogen and oxygen atoms in total. The minimum absolute atomic E-state index is 0.129. The Labute approximate surface area is 63.8 Å². The number of hydroxylamine groups is 1. The molecule has 60 valence electrons. The molecular formula is C7H9NO3. The molecule has 1 aromatic rings. The lowest BCUT2D eigenvalue weighted by atomic mass is 10.3. The zero-order valence-corrected chi connectivity index (χ0v) is 6.13. The third kappa shape index (κ3) is 1.59. The van der Waals surface area contributed by atoms with Crippen molar-refractivity contribution < 1.29 is 14.4 Å². The quantitative estimate of drug-likeness (QED) is 0.494. The number of hydrogen-bond donors (Lipinski definition) is 2. The molecule has 0 atom stereocenters. The van der Waals surface area contributed by atoms with Crippen LogP contribution in [0.3, 0.4) is 0 Å². The average molecular weight is 155 g/mol. The van der Waals surface area contributed by atoms with Gasteiger partial charge < -0.3 is 4.42 Å². The molecule has 0 aromatic carbocycles. The lowest BCUT2D eigenvalue weighted by Gasteiger charge is -1.91. The first-order valence-electron chi connectivity index (χ1n) is 3.31. The van der Waals surface area contributed by atoms with Crippen molar-refractivity contribution in [1.82, 2.24) is 5.48 Å². The summed E-state index contributed by atoms with van der Waals surface area (Å²) >= 11 is 0. The van der Waals surface area contributed by atoms with Crippen molar-refractivity contribution in [3.63, 3.8) is 0 Å². The first-order valence-corrected chi connectivity index (χ1v) is 3.31. The van der Waals surface area contributed by atoms with E-state index < -0.39 is 5.91 Å². The van der Waals surface area contributed by atoms with Crippen LogP contribution in [0.5, 0.6) is 0 Å². The number of carbonyl (C=O) groups excluding carboxylic acids is 1. The molecule has 1 amide bonds. The summed E-state index contributed by atoms with van der Waals surface area (Å²) < 4.78 is 5.01. The SMILES string of the molecule is CCc1ccc(C(=O)NO)o1. The Balaban J connectivity index is 2.80. The van der Waals surface area contributed by atoms with Crippen LogP contribution >= 0.6 is 0 Å². The van der Waals surface area contributed by atoms with E-state index in [4.69, 9.17) is 9.62 Å². The Morgan fingerprint density at radius 2 is 2.45 bits per heavy atom. The van der Waals surface area contributed by atoms with Crippen LogP contribution in [0.1, 0.15) is 23.2 Å². The van der Waals surface area contributed by atoms with Gasteiger partial charge in [0.05, 0.1) is 0 Å². The van der Waals surface area contributed by atoms with Gasteiger partial charge in [0.25, 0.3) is 0 Å². The maximum atomic E-state index is 10.7. The van der Waals surface area contributed by atoms with Crippen molar-refractivity contribution in [1.29, 1.82) is 0 Å². The van der Waals surface area contributed by atoms with Crippen LogP contribution in [0.25, 0.3) is 0 Å². The van der Waals surface area contributed by atoms with Gasteiger partial charge in [-0.15, -0.1) is 0 Å². The first kappa shape index (κ1) is 7.81. The summed E-state index contributed by atoms with van der Waals surface area (Å²) in [5, 5.41) is 8.21. The lowest BCUT2D eigenvalue weighted by Crippen LogP contribution is -2.17. The van der Waals surface area contributed by atoms with Crippen LogP contribution in [0, 0.1) is 0 Å². The highest BCUT2D eigenvalue weighted by Gasteiger charge is 2.07. The van der Waals surface area contributed by atoms with E-state index in [0.29, 0.717) is 0 Å². The molecule has 0 saturated heterocycles. The molecule has 1 heterocycles. The van der Waals surface area contributed by atoms with Crippen molar-refractivity contribution in [3.05, 3.63) is 23.7 Å². The first-order chi connectivity index (χ1) is 5.27. The second-order valence-electron chi connectivity index (χ2n) is 2.06. The molecule has 1 aromatic heterocycles. The van der Waals surface area contributed by atoms with E-state index in [0.717, 1.165) is 12.2 Å². The van der Waals surface area contributed by atoms with Gasteiger partial charge in [-0.3, -0.25) is 10.0 Å². The van der Waals surface area contributed by atoms with Crippen LogP contribution in [0.2, 0.25) is 0 Å². The molecule has 0 aliphatic heterocycles. The minimum atomic E-state index is -0.621. The van der Waals surface area contributed by atoms with Crippen LogP contribution in [0.15, 0.2) is 16.5 Å². The van der Waals surface area contributed by atoms with Gasteiger partial charge in [0.1, 0.15) is 5.76 Å². The lowest BCUT2D eigenvalue weighted by molar-refractivity contribution is 0.0674. The predicted octanol–water partition coefficient (Wildman–Crippen LogP) is 0.961. The Morgan fingerprint density at radius 3 is 2.91 bits per heavy atom. The maximum Gasteiger partial charge on any atom is 0.310 e. The molecule has 0 saturated carbocycles. The summed E-state index contributed by atoms with van der Waals surface area (Å²) in [4.78, 5) is 10.7. The van der Waals surface area contributed by atoms with E-state index in [-0.39, 0.29) is 5.76 Å². The van der Waals surface area contributed by atoms with Gasteiger partial charge in [0.2, 0.25) is 0 Å². The number of amides is 1. The Kier molecular flexibility index (Phi) is 2.28. The van der Waals surface area contributed by atoms with E-state index in [1.54, 1.807) is 6.07 Å². The second-order valence-corrected chi connectivity index (χ2v) is 2.06. The summed E-state index contributed by atoms with van der Waals surface area (Å²) in [5.74, 6) is 0.234. The third-order valence-corrected chi connectivity index (χ3v) is 1.34. The van der Waals surface area contributed by atoms with Gasteiger partial charge in [-0.2, -0.15) is 0 Å². The van der Waals surface area contributed by atoms with Gasteiger partial charge in [0, 0.05) is 6.42 Å². The Bertz CT molecular complexity index is 254. The number of hydrogen-bond acceptors (Lipinski definition) is 3. The summed E-state index contributed by atoms with van der Waals surface area (Å²) in [6.07, 6.45) is 0.735. The smallest absolute Gasteiger partial charge is 0.310 e. The summed E-state index contributed by atoms with van der Waals surface area (Å²) in [7, 11) is 0. The van der Waals surface area contributed by atoms with E-state index in [2.05, 4.69) is 0 Å². The zero-order chi connectivity index (χ0) is 8.27. The highest BCUT2D eigenvalue weighted by atomic mass is 16.5. The molecule has 4 heteroatoms. The summed E-state index contributed by atoms with van der Waals surface area (Å²) in [6, 6.07) is 3.22. The van der Waals surface area contributed by atoms with Gasteiger partial charge in [-0.1, -0.05) is 6.92 Å². The van der Waals surface area contributed by atoms with Gasteiger partial charge in [0.15, 0.2) is 5.76 Å². The summed E-state index contributed by atoms with van der Waals surface area (Å²) in [5.41, 5.74) is 1.49. The standard InChI is InChI=1S/C7H9NO3/c1-2-5-3-4-6(11-5)7(9)8-10/h3-4,10H,2H2,1H3,(H,8,9). The number of furan rings is 1. The van der Waals surface area contributed by atoms with Crippen LogP contribution in [-0.4, -0.2) is 11.1 Å². The largest absolute Gasteiger partial charge is 0.456 e. The number of aryl methyl sites for hydroxylation is 1. The van der Waals surface area contributed by atoms with Crippen molar-refractivity contribution in [3.8, 4) is 0 Å². The average Bonchev–Trinajstić information content (AvgIpc) is 2.50. The van der Waals surface area contributed by atoms with E-state index in [9.17, 15) is 4.79 Å². The third-order valence-electron chi connectivity index (χ3n) is 1.34. The zero-order valence-electron chi connectivity index (χ0n) is 6.13. The number of carbonyl (C=O) groups is 1. The maximum absolute atomic E-state index is 10.7. The molecule has 2 N–H and O–H groups in total. The highest BCUT2D eigenvalue weighted by molar-refractivity contribution is 5.90. The molecule has 0 spiro atoms. The highest BCUT2D eigenvalue weighted by Crippen LogP contribution is 2.07. The minimum Gasteiger partial charge on any atom is -0.456 e.